The van der Waals surface area contributed by atoms with E-state index >= 15 is 0 Å². The molecular formula is C23H30N2O6S. The Kier molecular flexibility index (Phi) is 7.07. The van der Waals surface area contributed by atoms with E-state index in [1.165, 1.54) is 0 Å². The molecule has 8 nitrogen and oxygen atoms in total. The fourth-order valence-electron chi connectivity index (χ4n) is 3.93. The van der Waals surface area contributed by atoms with Gasteiger partial charge in [0.25, 0.3) is 5.91 Å². The lowest BCUT2D eigenvalue weighted by atomic mass is 9.71. The van der Waals surface area contributed by atoms with Gasteiger partial charge in [-0.15, -0.1) is 11.3 Å². The lowest BCUT2D eigenvalue weighted by Gasteiger charge is -2.33. The van der Waals surface area contributed by atoms with Crippen LogP contribution >= 0.6 is 11.3 Å². The number of carbonyl (C=O) groups is 3. The maximum Gasteiger partial charge on any atom is 0.348 e. The highest BCUT2D eigenvalue weighted by Crippen LogP contribution is 2.39. The molecule has 2 aromatic rings. The highest BCUT2D eigenvalue weighted by atomic mass is 32.1. The molecule has 0 aliphatic heterocycles. The molecule has 2 heterocycles. The first-order valence-electron chi connectivity index (χ1n) is 10.8. The monoisotopic (exact) mass is 462 g/mol. The minimum atomic E-state index is -0.609. The summed E-state index contributed by atoms with van der Waals surface area (Å²) in [5, 5.41) is 7.02. The van der Waals surface area contributed by atoms with E-state index < -0.39 is 17.8 Å². The predicted octanol–water partition coefficient (Wildman–Crippen LogP) is 4.80. The molecule has 0 bridgehead atoms. The number of hydrogen-bond acceptors (Lipinski definition) is 8. The van der Waals surface area contributed by atoms with Crippen molar-refractivity contribution in [2.24, 2.45) is 11.3 Å². The fourth-order valence-corrected chi connectivity index (χ4v) is 5.01. The topological polar surface area (TPSA) is 108 Å². The van der Waals surface area contributed by atoms with E-state index in [-0.39, 0.29) is 39.8 Å². The van der Waals surface area contributed by atoms with Crippen molar-refractivity contribution in [3.05, 3.63) is 33.0 Å². The van der Waals surface area contributed by atoms with Crippen molar-refractivity contribution in [3.63, 3.8) is 0 Å². The first-order valence-corrected chi connectivity index (χ1v) is 11.7. The summed E-state index contributed by atoms with van der Waals surface area (Å²) >= 11 is 0.990. The molecule has 0 fully saturated rings. The van der Waals surface area contributed by atoms with Gasteiger partial charge < -0.3 is 19.3 Å². The van der Waals surface area contributed by atoms with Crippen molar-refractivity contribution in [2.75, 3.05) is 18.5 Å². The second-order valence-electron chi connectivity index (χ2n) is 8.89. The molecular weight excluding hydrogens is 432 g/mol. The number of hydrogen-bond donors (Lipinski definition) is 1. The van der Waals surface area contributed by atoms with Gasteiger partial charge in [0.1, 0.15) is 15.6 Å². The SMILES string of the molecule is CCOC(=O)c1sc(NC(=O)c2noc3c2CC(C(C)(C)C)CC3)c(C(=O)OCC)c1C. The third-order valence-corrected chi connectivity index (χ3v) is 6.98. The van der Waals surface area contributed by atoms with Crippen molar-refractivity contribution in [1.82, 2.24) is 5.16 Å². The van der Waals surface area contributed by atoms with E-state index in [0.717, 1.165) is 35.5 Å². The van der Waals surface area contributed by atoms with E-state index in [1.54, 1.807) is 20.8 Å². The number of fused-ring (bicyclic) bond motifs is 1. The Bertz CT molecular complexity index is 1030. The summed E-state index contributed by atoms with van der Waals surface area (Å²) in [6.45, 7) is 12.0. The second kappa shape index (κ2) is 9.44. The average molecular weight is 463 g/mol. The molecule has 1 aliphatic rings. The van der Waals surface area contributed by atoms with Gasteiger partial charge in [-0.3, -0.25) is 4.79 Å². The Hall–Kier alpha value is -2.68. The van der Waals surface area contributed by atoms with Gasteiger partial charge in [0.2, 0.25) is 0 Å². The van der Waals surface area contributed by atoms with Crippen LogP contribution in [0.5, 0.6) is 0 Å². The summed E-state index contributed by atoms with van der Waals surface area (Å²) in [4.78, 5) is 38.3. The van der Waals surface area contributed by atoms with E-state index in [9.17, 15) is 14.4 Å². The number of nitrogens with zero attached hydrogens (tertiary/aromatic N) is 1. The lowest BCUT2D eigenvalue weighted by molar-refractivity contribution is 0.0527. The maximum atomic E-state index is 13.2. The Morgan fingerprint density at radius 3 is 2.44 bits per heavy atom. The molecule has 1 aliphatic carbocycles. The van der Waals surface area contributed by atoms with Crippen LogP contribution in [-0.2, 0) is 22.3 Å². The summed E-state index contributed by atoms with van der Waals surface area (Å²) in [5.74, 6) is -0.506. The summed E-state index contributed by atoms with van der Waals surface area (Å²) in [6, 6.07) is 0. The first kappa shape index (κ1) is 24.0. The number of amides is 1. The molecule has 174 valence electrons. The number of carbonyl (C=O) groups excluding carboxylic acids is 3. The minimum absolute atomic E-state index is 0.0964. The third kappa shape index (κ3) is 4.72. The number of thiophene rings is 1. The van der Waals surface area contributed by atoms with Crippen molar-refractivity contribution in [2.45, 2.75) is 60.8 Å². The Morgan fingerprint density at radius 2 is 1.81 bits per heavy atom. The minimum Gasteiger partial charge on any atom is -0.462 e. The van der Waals surface area contributed by atoms with Gasteiger partial charge in [-0.25, -0.2) is 9.59 Å². The van der Waals surface area contributed by atoms with Gasteiger partial charge in [-0.05, 0) is 50.5 Å². The quantitative estimate of drug-likeness (QED) is 0.614. The van der Waals surface area contributed by atoms with Crippen LogP contribution in [-0.4, -0.2) is 36.2 Å². The van der Waals surface area contributed by atoms with Gasteiger partial charge in [0, 0.05) is 12.0 Å². The summed E-state index contributed by atoms with van der Waals surface area (Å²) in [7, 11) is 0. The van der Waals surface area contributed by atoms with Crippen LogP contribution in [0, 0.1) is 18.3 Å². The molecule has 0 aromatic carbocycles. The molecule has 2 aromatic heterocycles. The zero-order valence-electron chi connectivity index (χ0n) is 19.4. The third-order valence-electron chi connectivity index (χ3n) is 5.79. The zero-order valence-corrected chi connectivity index (χ0v) is 20.2. The molecule has 0 radical (unpaired) electrons. The van der Waals surface area contributed by atoms with Crippen molar-refractivity contribution in [3.8, 4) is 0 Å². The lowest BCUT2D eigenvalue weighted by Crippen LogP contribution is -2.27. The molecule has 1 atom stereocenters. The Balaban J connectivity index is 1.93. The number of anilines is 1. The molecule has 1 amide bonds. The van der Waals surface area contributed by atoms with Crippen LogP contribution in [0.25, 0.3) is 0 Å². The van der Waals surface area contributed by atoms with Crippen LogP contribution in [0.3, 0.4) is 0 Å². The smallest absolute Gasteiger partial charge is 0.348 e. The van der Waals surface area contributed by atoms with E-state index in [4.69, 9.17) is 14.0 Å². The van der Waals surface area contributed by atoms with E-state index in [0.29, 0.717) is 17.9 Å². The molecule has 0 spiro atoms. The standard InChI is InChI=1S/C23H30N2O6S/c1-7-29-21(27)16-12(3)18(22(28)30-8-2)32-20(16)24-19(26)17-14-11-13(23(4,5)6)9-10-15(14)31-25-17/h13H,7-11H2,1-6H3,(H,24,26). The molecule has 32 heavy (non-hydrogen) atoms. The van der Waals surface area contributed by atoms with Crippen LogP contribution in [0.4, 0.5) is 5.00 Å². The van der Waals surface area contributed by atoms with Crippen LogP contribution in [0.1, 0.15) is 88.4 Å². The highest BCUT2D eigenvalue weighted by Gasteiger charge is 2.35. The van der Waals surface area contributed by atoms with Gasteiger partial charge >= 0.3 is 11.9 Å². The van der Waals surface area contributed by atoms with Crippen molar-refractivity contribution >= 4 is 34.2 Å². The summed E-state index contributed by atoms with van der Waals surface area (Å²) in [5.41, 5.74) is 1.69. The maximum absolute atomic E-state index is 13.2. The van der Waals surface area contributed by atoms with Crippen LogP contribution in [0.2, 0.25) is 0 Å². The number of esters is 2. The predicted molar refractivity (Wildman–Crippen MR) is 120 cm³/mol. The van der Waals surface area contributed by atoms with Gasteiger partial charge in [-0.2, -0.15) is 0 Å². The van der Waals surface area contributed by atoms with Crippen LogP contribution < -0.4 is 5.32 Å². The van der Waals surface area contributed by atoms with E-state index in [2.05, 4.69) is 31.2 Å². The fraction of sp³-hybridized carbons (Fsp3) is 0.565. The normalized spacial score (nSPS) is 15.8. The average Bonchev–Trinajstić information content (AvgIpc) is 3.28. The number of rotatable bonds is 6. The second-order valence-corrected chi connectivity index (χ2v) is 9.91. The molecule has 1 N–H and O–H groups in total. The number of ether oxygens (including phenoxy) is 2. The molecule has 0 saturated carbocycles. The summed E-state index contributed by atoms with van der Waals surface area (Å²) in [6.07, 6.45) is 2.41. The number of nitrogens with one attached hydrogen (secondary N) is 1. The zero-order chi connectivity index (χ0) is 23.6. The summed E-state index contributed by atoms with van der Waals surface area (Å²) < 4.78 is 15.7. The Labute approximate surface area is 191 Å². The largest absolute Gasteiger partial charge is 0.462 e. The van der Waals surface area contributed by atoms with E-state index in [1.807, 2.05) is 0 Å². The van der Waals surface area contributed by atoms with Gasteiger partial charge in [-0.1, -0.05) is 25.9 Å². The van der Waals surface area contributed by atoms with Crippen LogP contribution in [0.15, 0.2) is 4.52 Å². The molecule has 3 rings (SSSR count). The highest BCUT2D eigenvalue weighted by molar-refractivity contribution is 7.18. The molecule has 9 heteroatoms. The van der Waals surface area contributed by atoms with Gasteiger partial charge in [0.05, 0.1) is 18.8 Å². The Morgan fingerprint density at radius 1 is 1.16 bits per heavy atom. The number of aryl methyl sites for hydroxylation is 1. The number of aromatic nitrogens is 1. The van der Waals surface area contributed by atoms with Crippen molar-refractivity contribution < 1.29 is 28.4 Å². The van der Waals surface area contributed by atoms with Gasteiger partial charge in [0.15, 0.2) is 5.69 Å². The molecule has 0 saturated heterocycles. The molecule has 1 unspecified atom stereocenters. The first-order chi connectivity index (χ1) is 15.1. The van der Waals surface area contributed by atoms with Crippen molar-refractivity contribution in [1.29, 1.82) is 0 Å².